The molecule has 0 amide bonds. The third-order valence-electron chi connectivity index (χ3n) is 4.18. The fraction of sp³-hybridized carbons (Fsp3) is 0.125. The average Bonchev–Trinajstić information content (AvgIpc) is 2.52. The van der Waals surface area contributed by atoms with Gasteiger partial charge in [0.25, 0.3) is 0 Å². The summed E-state index contributed by atoms with van der Waals surface area (Å²) in [6.45, 7) is 0. The Morgan fingerprint density at radius 1 is 0.625 bits per heavy atom. The first kappa shape index (κ1) is 15.5. The molecule has 4 rings (SSSR count). The molecule has 2 aliphatic rings. The van der Waals surface area contributed by atoms with Crippen molar-refractivity contribution in [3.63, 3.8) is 0 Å². The predicted molar refractivity (Wildman–Crippen MR) is 79.2 cm³/mol. The molecule has 0 unspecified atom stereocenters. The van der Waals surface area contributed by atoms with Gasteiger partial charge in [0.15, 0.2) is 0 Å². The third-order valence-corrected chi connectivity index (χ3v) is 4.18. The highest BCUT2D eigenvalue weighted by Gasteiger charge is 2.32. The number of hydrogen-bond donors (Lipinski definition) is 4. The number of aryl methyl sites for hydroxylation is 2. The molecule has 2 aromatic carbocycles. The van der Waals surface area contributed by atoms with Crippen LogP contribution in [0.25, 0.3) is 10.8 Å². The summed E-state index contributed by atoms with van der Waals surface area (Å²) < 4.78 is 0. The van der Waals surface area contributed by atoms with Gasteiger partial charge in [-0.25, -0.2) is 19.2 Å². The van der Waals surface area contributed by atoms with Crippen LogP contribution in [-0.2, 0) is 12.8 Å². The van der Waals surface area contributed by atoms with Crippen LogP contribution < -0.4 is 0 Å². The predicted octanol–water partition coefficient (Wildman–Crippen LogP) is 1.73. The maximum atomic E-state index is 11.5. The highest BCUT2D eigenvalue weighted by Crippen LogP contribution is 2.38. The average molecular weight is 330 g/mol. The SMILES string of the molecule is O=C(O)c1cc2c3c(C(=O)O)c(C(=O)O)c(c2cc1C(=O)O)CC3. The molecule has 2 aliphatic carbocycles. The van der Waals surface area contributed by atoms with Gasteiger partial charge in [0.05, 0.1) is 22.3 Å². The Labute approximate surface area is 133 Å². The summed E-state index contributed by atoms with van der Waals surface area (Å²) in [5.41, 5.74) is -1.24. The van der Waals surface area contributed by atoms with Crippen LogP contribution in [0.1, 0.15) is 52.6 Å². The summed E-state index contributed by atoms with van der Waals surface area (Å²) in [5.74, 6) is -5.74. The normalized spacial score (nSPS) is 12.3. The molecule has 0 saturated heterocycles. The van der Waals surface area contributed by atoms with Crippen molar-refractivity contribution in [2.75, 3.05) is 0 Å². The van der Waals surface area contributed by atoms with Gasteiger partial charge in [-0.3, -0.25) is 0 Å². The number of carboxylic acid groups (broad SMARTS) is 4. The first-order valence-corrected chi connectivity index (χ1v) is 6.82. The standard InChI is InChI=1S/C16H10O8/c17-13(18)9-3-7-5-1-2-6(8(7)4-10(9)14(19)20)12(16(23)24)11(5)15(21)22/h3-4H,1-2H2,(H,17,18)(H,19,20)(H,21,22)(H,23,24). The maximum Gasteiger partial charge on any atom is 0.336 e. The fourth-order valence-electron chi connectivity index (χ4n) is 3.27. The van der Waals surface area contributed by atoms with Gasteiger partial charge in [0, 0.05) is 0 Å². The van der Waals surface area contributed by atoms with Crippen LogP contribution in [0.4, 0.5) is 0 Å². The lowest BCUT2D eigenvalue weighted by molar-refractivity contribution is 0.0648. The number of hydrogen-bond acceptors (Lipinski definition) is 4. The molecule has 0 atom stereocenters. The van der Waals surface area contributed by atoms with Crippen LogP contribution in [0.5, 0.6) is 0 Å². The molecule has 24 heavy (non-hydrogen) atoms. The first-order valence-electron chi connectivity index (χ1n) is 6.82. The van der Waals surface area contributed by atoms with Gasteiger partial charge >= 0.3 is 23.9 Å². The molecule has 0 fully saturated rings. The van der Waals surface area contributed by atoms with Gasteiger partial charge in [0.1, 0.15) is 0 Å². The highest BCUT2D eigenvalue weighted by molar-refractivity contribution is 6.14. The van der Waals surface area contributed by atoms with Crippen molar-refractivity contribution in [1.29, 1.82) is 0 Å². The van der Waals surface area contributed by atoms with Crippen molar-refractivity contribution in [2.24, 2.45) is 0 Å². The lowest BCUT2D eigenvalue weighted by atomic mass is 9.78. The van der Waals surface area contributed by atoms with E-state index >= 15 is 0 Å². The molecule has 0 spiro atoms. The molecular formula is C16H10O8. The van der Waals surface area contributed by atoms with E-state index < -0.39 is 35.0 Å². The summed E-state index contributed by atoms with van der Waals surface area (Å²) in [6.07, 6.45) is 0.512. The second-order valence-corrected chi connectivity index (χ2v) is 5.37. The minimum atomic E-state index is -1.46. The molecule has 0 radical (unpaired) electrons. The molecule has 4 N–H and O–H groups in total. The van der Waals surface area contributed by atoms with E-state index in [-0.39, 0.29) is 45.9 Å². The van der Waals surface area contributed by atoms with Crippen molar-refractivity contribution in [1.82, 2.24) is 0 Å². The van der Waals surface area contributed by atoms with Crippen molar-refractivity contribution < 1.29 is 39.6 Å². The quantitative estimate of drug-likeness (QED) is 0.662. The zero-order valence-corrected chi connectivity index (χ0v) is 12.0. The van der Waals surface area contributed by atoms with E-state index in [9.17, 15) is 39.6 Å². The highest BCUT2D eigenvalue weighted by atomic mass is 16.4. The number of aromatic carboxylic acids is 4. The Hall–Kier alpha value is -3.42. The molecule has 0 heterocycles. The maximum absolute atomic E-state index is 11.5. The van der Waals surface area contributed by atoms with Crippen molar-refractivity contribution in [2.45, 2.75) is 12.8 Å². The van der Waals surface area contributed by atoms with Gasteiger partial charge in [0.2, 0.25) is 0 Å². The van der Waals surface area contributed by atoms with Gasteiger partial charge in [-0.15, -0.1) is 0 Å². The topological polar surface area (TPSA) is 149 Å². The largest absolute Gasteiger partial charge is 0.478 e. The second kappa shape index (κ2) is 5.05. The van der Waals surface area contributed by atoms with E-state index in [0.29, 0.717) is 0 Å². The van der Waals surface area contributed by atoms with Gasteiger partial charge in [-0.05, 0) is 46.9 Å². The van der Waals surface area contributed by atoms with E-state index in [1.54, 1.807) is 0 Å². The van der Waals surface area contributed by atoms with E-state index in [0.717, 1.165) is 12.1 Å². The zero-order chi connectivity index (χ0) is 17.8. The Morgan fingerprint density at radius 3 is 1.21 bits per heavy atom. The van der Waals surface area contributed by atoms with E-state index in [4.69, 9.17) is 0 Å². The Balaban J connectivity index is 2.54. The van der Waals surface area contributed by atoms with Gasteiger partial charge in [-0.1, -0.05) is 0 Å². The molecule has 2 aromatic rings. The smallest absolute Gasteiger partial charge is 0.336 e. The Kier molecular flexibility index (Phi) is 3.26. The van der Waals surface area contributed by atoms with E-state index in [2.05, 4.69) is 0 Å². The minimum absolute atomic E-state index is 0.212. The van der Waals surface area contributed by atoms with E-state index in [1.807, 2.05) is 0 Å². The monoisotopic (exact) mass is 330 g/mol. The summed E-state index contributed by atoms with van der Waals surface area (Å²) in [5, 5.41) is 37.7. The second-order valence-electron chi connectivity index (χ2n) is 5.37. The van der Waals surface area contributed by atoms with Crippen molar-refractivity contribution in [3.05, 3.63) is 45.5 Å². The van der Waals surface area contributed by atoms with Crippen LogP contribution in [-0.4, -0.2) is 44.3 Å². The molecule has 0 aliphatic heterocycles. The van der Waals surface area contributed by atoms with Crippen molar-refractivity contribution >= 4 is 34.6 Å². The minimum Gasteiger partial charge on any atom is -0.478 e. The van der Waals surface area contributed by atoms with Crippen LogP contribution in [0.2, 0.25) is 0 Å². The molecule has 0 aromatic heterocycles. The van der Waals surface area contributed by atoms with Crippen LogP contribution in [0.3, 0.4) is 0 Å². The summed E-state index contributed by atoms with van der Waals surface area (Å²) >= 11 is 0. The van der Waals surface area contributed by atoms with Gasteiger partial charge < -0.3 is 20.4 Å². The number of benzene rings is 2. The molecular weight excluding hydrogens is 320 g/mol. The molecule has 8 nitrogen and oxygen atoms in total. The number of carboxylic acids is 4. The fourth-order valence-corrected chi connectivity index (χ4v) is 3.27. The third kappa shape index (κ3) is 2.00. The summed E-state index contributed by atoms with van der Waals surface area (Å²) in [7, 11) is 0. The Bertz CT molecular complexity index is 892. The molecule has 0 saturated carbocycles. The molecule has 122 valence electrons. The lowest BCUT2D eigenvalue weighted by Crippen LogP contribution is -2.21. The summed E-state index contributed by atoms with van der Waals surface area (Å²) in [6, 6.07) is 2.22. The van der Waals surface area contributed by atoms with Crippen LogP contribution in [0, 0.1) is 0 Å². The zero-order valence-electron chi connectivity index (χ0n) is 12.0. The number of fused-ring (bicyclic) bond motifs is 2. The molecule has 2 bridgehead atoms. The number of carbonyl (C=O) groups is 4. The molecule has 8 heteroatoms. The summed E-state index contributed by atoms with van der Waals surface area (Å²) in [4.78, 5) is 45.6. The van der Waals surface area contributed by atoms with Crippen LogP contribution in [0.15, 0.2) is 12.1 Å². The van der Waals surface area contributed by atoms with Gasteiger partial charge in [-0.2, -0.15) is 0 Å². The van der Waals surface area contributed by atoms with Crippen LogP contribution >= 0.6 is 0 Å². The van der Waals surface area contributed by atoms with E-state index in [1.165, 1.54) is 0 Å². The lowest BCUT2D eigenvalue weighted by Gasteiger charge is -2.24. The number of rotatable bonds is 4. The van der Waals surface area contributed by atoms with Crippen molar-refractivity contribution in [3.8, 4) is 0 Å². The first-order chi connectivity index (χ1) is 11.2. The Morgan fingerprint density at radius 2 is 0.958 bits per heavy atom.